The van der Waals surface area contributed by atoms with Crippen molar-refractivity contribution >= 4 is 5.97 Å². The van der Waals surface area contributed by atoms with Crippen LogP contribution in [-0.4, -0.2) is 54.1 Å². The normalized spacial score (nSPS) is 21.2. The molecule has 0 radical (unpaired) electrons. The SMILES string of the molecule is C=C/C(=C\C(CN1CC(C2CCCc3ccc(C[C@H](C)C(=O)O)cc3O2)C1)=C(/C)C(F)(F)F)C(F)(F)F. The van der Waals surface area contributed by atoms with Crippen molar-refractivity contribution in [2.45, 2.75) is 58.0 Å². The molecule has 2 heterocycles. The summed E-state index contributed by atoms with van der Waals surface area (Å²) < 4.78 is 85.9. The second kappa shape index (κ2) is 11.3. The van der Waals surface area contributed by atoms with Gasteiger partial charge in [-0.05, 0) is 61.4 Å². The molecule has 204 valence electrons. The number of aryl methyl sites for hydroxylation is 1. The van der Waals surface area contributed by atoms with Crippen molar-refractivity contribution in [3.8, 4) is 5.75 Å². The van der Waals surface area contributed by atoms with Crippen molar-refractivity contribution in [3.63, 3.8) is 0 Å². The summed E-state index contributed by atoms with van der Waals surface area (Å²) in [7, 11) is 0. The number of carbonyl (C=O) groups is 1. The number of fused-ring (bicyclic) bond motifs is 1. The number of hydrogen-bond donors (Lipinski definition) is 1. The minimum atomic E-state index is -4.81. The van der Waals surface area contributed by atoms with E-state index in [0.29, 0.717) is 37.4 Å². The first-order valence-corrected chi connectivity index (χ1v) is 12.1. The Morgan fingerprint density at radius 3 is 2.46 bits per heavy atom. The molecule has 3 rings (SSSR count). The molecule has 1 unspecified atom stereocenters. The van der Waals surface area contributed by atoms with E-state index in [0.717, 1.165) is 37.3 Å². The average molecular weight is 532 g/mol. The Morgan fingerprint density at radius 2 is 1.89 bits per heavy atom. The number of carboxylic acid groups (broad SMARTS) is 1. The highest BCUT2D eigenvalue weighted by Crippen LogP contribution is 2.36. The fourth-order valence-corrected chi connectivity index (χ4v) is 4.64. The zero-order valence-corrected chi connectivity index (χ0v) is 20.8. The molecule has 1 N–H and O–H groups in total. The van der Waals surface area contributed by atoms with Gasteiger partial charge in [-0.25, -0.2) is 0 Å². The van der Waals surface area contributed by atoms with Crippen LogP contribution in [0.4, 0.5) is 26.3 Å². The highest BCUT2D eigenvalue weighted by atomic mass is 19.4. The third kappa shape index (κ3) is 7.40. The molecule has 0 aliphatic carbocycles. The molecule has 4 nitrogen and oxygen atoms in total. The van der Waals surface area contributed by atoms with Gasteiger partial charge < -0.3 is 9.84 Å². The maximum Gasteiger partial charge on any atom is 0.416 e. The highest BCUT2D eigenvalue weighted by Gasteiger charge is 2.39. The van der Waals surface area contributed by atoms with Crippen LogP contribution in [0.2, 0.25) is 0 Å². The predicted octanol–water partition coefficient (Wildman–Crippen LogP) is 6.52. The predicted molar refractivity (Wildman–Crippen MR) is 127 cm³/mol. The van der Waals surface area contributed by atoms with Crippen molar-refractivity contribution in [1.29, 1.82) is 0 Å². The van der Waals surface area contributed by atoms with Crippen LogP contribution in [0.15, 0.2) is 53.6 Å². The Morgan fingerprint density at radius 1 is 1.22 bits per heavy atom. The number of ether oxygens (including phenoxy) is 1. The third-order valence-corrected chi connectivity index (χ3v) is 7.00. The summed E-state index contributed by atoms with van der Waals surface area (Å²) in [6.07, 6.45) is -5.94. The second-order valence-electron chi connectivity index (χ2n) is 9.84. The number of carboxylic acids is 1. The van der Waals surface area contributed by atoms with Crippen LogP contribution in [0.5, 0.6) is 5.75 Å². The lowest BCUT2D eigenvalue weighted by molar-refractivity contribution is -0.141. The van der Waals surface area contributed by atoms with Gasteiger partial charge in [0.25, 0.3) is 0 Å². The number of halogens is 6. The van der Waals surface area contributed by atoms with Crippen LogP contribution in [0.25, 0.3) is 0 Å². The molecule has 1 aromatic carbocycles. The molecule has 2 aliphatic heterocycles. The first kappa shape index (κ1) is 28.8. The number of benzene rings is 1. The van der Waals surface area contributed by atoms with E-state index >= 15 is 0 Å². The smallest absolute Gasteiger partial charge is 0.416 e. The lowest BCUT2D eigenvalue weighted by Crippen LogP contribution is -2.53. The quantitative estimate of drug-likeness (QED) is 0.307. The van der Waals surface area contributed by atoms with Crippen LogP contribution in [0.1, 0.15) is 37.8 Å². The maximum absolute atomic E-state index is 13.4. The van der Waals surface area contributed by atoms with Gasteiger partial charge >= 0.3 is 18.3 Å². The van der Waals surface area contributed by atoms with Crippen LogP contribution in [-0.2, 0) is 17.6 Å². The summed E-state index contributed by atoms with van der Waals surface area (Å²) in [6.45, 7) is 6.04. The Bertz CT molecular complexity index is 1070. The molecule has 2 atom stereocenters. The number of aliphatic carboxylic acids is 1. The number of likely N-dealkylation sites (tertiary alicyclic amines) is 1. The summed E-state index contributed by atoms with van der Waals surface area (Å²) in [5, 5.41) is 9.18. The van der Waals surface area contributed by atoms with E-state index in [1.807, 2.05) is 18.2 Å². The van der Waals surface area contributed by atoms with E-state index in [2.05, 4.69) is 6.58 Å². The molecule has 10 heteroatoms. The summed E-state index contributed by atoms with van der Waals surface area (Å²) in [4.78, 5) is 12.9. The summed E-state index contributed by atoms with van der Waals surface area (Å²) >= 11 is 0. The lowest BCUT2D eigenvalue weighted by atomic mass is 9.89. The van der Waals surface area contributed by atoms with Crippen LogP contribution in [0, 0.1) is 11.8 Å². The molecule has 1 saturated heterocycles. The van der Waals surface area contributed by atoms with Gasteiger partial charge in [0.05, 0.1) is 11.5 Å². The average Bonchev–Trinajstić information content (AvgIpc) is 2.97. The minimum absolute atomic E-state index is 0.0189. The molecule has 0 saturated carbocycles. The molecule has 1 fully saturated rings. The fourth-order valence-electron chi connectivity index (χ4n) is 4.64. The van der Waals surface area contributed by atoms with Gasteiger partial charge in [0.15, 0.2) is 0 Å². The zero-order chi connectivity index (χ0) is 27.5. The van der Waals surface area contributed by atoms with Gasteiger partial charge in [-0.3, -0.25) is 9.69 Å². The largest absolute Gasteiger partial charge is 0.490 e. The molecule has 1 aromatic rings. The van der Waals surface area contributed by atoms with E-state index in [4.69, 9.17) is 4.74 Å². The maximum atomic E-state index is 13.4. The van der Waals surface area contributed by atoms with Gasteiger partial charge in [0.1, 0.15) is 11.9 Å². The molecular weight excluding hydrogens is 500 g/mol. The molecule has 2 aliphatic rings. The summed E-state index contributed by atoms with van der Waals surface area (Å²) in [5.74, 6) is -0.725. The van der Waals surface area contributed by atoms with E-state index in [-0.39, 0.29) is 18.6 Å². The first-order chi connectivity index (χ1) is 17.2. The molecule has 0 amide bonds. The van der Waals surface area contributed by atoms with Crippen LogP contribution in [0.3, 0.4) is 0 Å². The molecule has 0 spiro atoms. The topological polar surface area (TPSA) is 49.8 Å². The van der Waals surface area contributed by atoms with Gasteiger partial charge in [0.2, 0.25) is 0 Å². The van der Waals surface area contributed by atoms with Crippen molar-refractivity contribution < 1.29 is 41.0 Å². The number of hydrogen-bond acceptors (Lipinski definition) is 3. The van der Waals surface area contributed by atoms with Crippen molar-refractivity contribution in [2.24, 2.45) is 11.8 Å². The van der Waals surface area contributed by atoms with E-state index in [9.17, 15) is 36.2 Å². The van der Waals surface area contributed by atoms with Gasteiger partial charge in [-0.1, -0.05) is 31.7 Å². The lowest BCUT2D eigenvalue weighted by Gasteiger charge is -2.43. The Balaban J connectivity index is 1.71. The van der Waals surface area contributed by atoms with E-state index in [1.165, 1.54) is 0 Å². The Labute approximate surface area is 212 Å². The highest BCUT2D eigenvalue weighted by molar-refractivity contribution is 5.70. The van der Waals surface area contributed by atoms with Crippen molar-refractivity contribution in [3.05, 3.63) is 64.8 Å². The summed E-state index contributed by atoms with van der Waals surface area (Å²) in [5.41, 5.74) is -0.869. The fraction of sp³-hybridized carbons (Fsp3) is 0.519. The third-order valence-electron chi connectivity index (χ3n) is 7.00. The molecule has 0 bridgehead atoms. The number of allylic oxidation sites excluding steroid dienone is 3. The molecular formula is C27H31F6NO3. The molecule has 0 aromatic heterocycles. The monoisotopic (exact) mass is 531 g/mol. The van der Waals surface area contributed by atoms with Gasteiger partial charge in [-0.2, -0.15) is 26.3 Å². The van der Waals surface area contributed by atoms with Crippen LogP contribution >= 0.6 is 0 Å². The number of rotatable bonds is 8. The van der Waals surface area contributed by atoms with Crippen molar-refractivity contribution in [2.75, 3.05) is 19.6 Å². The van der Waals surface area contributed by atoms with Gasteiger partial charge in [-0.15, -0.1) is 0 Å². The summed E-state index contributed by atoms with van der Waals surface area (Å²) in [6, 6.07) is 5.70. The molecule has 37 heavy (non-hydrogen) atoms. The second-order valence-corrected chi connectivity index (χ2v) is 9.84. The number of nitrogens with zero attached hydrogens (tertiary/aromatic N) is 1. The first-order valence-electron chi connectivity index (χ1n) is 12.1. The zero-order valence-electron chi connectivity index (χ0n) is 20.8. The van der Waals surface area contributed by atoms with E-state index < -0.39 is 41.0 Å². The van der Waals surface area contributed by atoms with Gasteiger partial charge in [0, 0.05) is 31.1 Å². The van der Waals surface area contributed by atoms with Crippen LogP contribution < -0.4 is 4.74 Å². The Hall–Kier alpha value is -2.75. The number of alkyl halides is 6. The Kier molecular flexibility index (Phi) is 8.82. The minimum Gasteiger partial charge on any atom is -0.490 e. The standard InChI is InChI=1S/C27H31F6NO3/c1-4-22(27(31,32)33)12-20(17(3)26(28,29)30)13-34-14-21(15-34)23-7-5-6-19-9-8-18(11-24(19)37-23)10-16(2)25(35)36/h4,8-9,11-12,16,21,23H,1,5-7,10,13-15H2,2-3H3,(H,35,36)/b20-17-,22-12+/t16-,23?/m0/s1. The van der Waals surface area contributed by atoms with E-state index in [1.54, 1.807) is 11.8 Å². The van der Waals surface area contributed by atoms with Crippen molar-refractivity contribution in [1.82, 2.24) is 4.90 Å².